The van der Waals surface area contributed by atoms with Crippen LogP contribution in [0.4, 0.5) is 0 Å². The summed E-state index contributed by atoms with van der Waals surface area (Å²) >= 11 is 3.37. The van der Waals surface area contributed by atoms with Gasteiger partial charge in [-0.05, 0) is 34.5 Å². The third-order valence-corrected chi connectivity index (χ3v) is 3.00. The molecular weight excluding hydrogens is 260 g/mol. The van der Waals surface area contributed by atoms with Crippen molar-refractivity contribution in [1.29, 1.82) is 0 Å². The number of benzene rings is 1. The summed E-state index contributed by atoms with van der Waals surface area (Å²) in [5.41, 5.74) is 1.89. The average molecular weight is 269 g/mol. The van der Waals surface area contributed by atoms with E-state index in [1.165, 1.54) is 4.68 Å². The van der Waals surface area contributed by atoms with Crippen LogP contribution in [0.3, 0.4) is 0 Å². The fraction of sp³-hybridized carbons (Fsp3) is 0.200. The first-order valence-electron chi connectivity index (χ1n) is 4.43. The highest BCUT2D eigenvalue weighted by Crippen LogP contribution is 2.26. The third-order valence-electron chi connectivity index (χ3n) is 2.20. The van der Waals surface area contributed by atoms with Crippen molar-refractivity contribution in [2.24, 2.45) is 0 Å². The van der Waals surface area contributed by atoms with Crippen molar-refractivity contribution in [3.8, 4) is 0 Å². The second kappa shape index (κ2) is 3.66. The van der Waals surface area contributed by atoms with E-state index in [9.17, 15) is 4.79 Å². The smallest absolute Gasteiger partial charge is 0.325 e. The Bertz CT molecular complexity index is 533. The average Bonchev–Trinajstić information content (AvgIpc) is 2.44. The highest BCUT2D eigenvalue weighted by Gasteiger charge is 2.12. The monoisotopic (exact) mass is 268 g/mol. The molecule has 0 saturated carbocycles. The van der Waals surface area contributed by atoms with Gasteiger partial charge in [0.1, 0.15) is 11.1 Å². The second-order valence-corrected chi connectivity index (χ2v) is 4.06. The molecule has 1 aromatic carbocycles. The van der Waals surface area contributed by atoms with Crippen LogP contribution in [0.2, 0.25) is 0 Å². The molecule has 4 nitrogen and oxygen atoms in total. The lowest BCUT2D eigenvalue weighted by Crippen LogP contribution is -2.10. The van der Waals surface area contributed by atoms with Crippen molar-refractivity contribution >= 4 is 32.8 Å². The van der Waals surface area contributed by atoms with Gasteiger partial charge in [-0.3, -0.25) is 4.79 Å². The van der Waals surface area contributed by atoms with Gasteiger partial charge in [-0.15, -0.1) is 0 Å². The van der Waals surface area contributed by atoms with Gasteiger partial charge in [0, 0.05) is 5.39 Å². The van der Waals surface area contributed by atoms with Gasteiger partial charge in [-0.1, -0.05) is 12.1 Å². The maximum absolute atomic E-state index is 10.6. The van der Waals surface area contributed by atoms with Gasteiger partial charge in [-0.2, -0.15) is 5.10 Å². The van der Waals surface area contributed by atoms with Gasteiger partial charge < -0.3 is 5.11 Å². The molecule has 0 unspecified atom stereocenters. The standard InChI is InChI=1S/C10H9BrN2O2/c1-6-3-2-4-7-9(6)10(11)13(12-7)5-8(14)15/h2-4H,5H2,1H3,(H,14,15). The van der Waals surface area contributed by atoms with Crippen molar-refractivity contribution in [3.63, 3.8) is 0 Å². The predicted octanol–water partition coefficient (Wildman–Crippen LogP) is 2.19. The Morgan fingerprint density at radius 2 is 2.33 bits per heavy atom. The molecule has 78 valence electrons. The first-order chi connectivity index (χ1) is 7.09. The molecule has 1 aromatic heterocycles. The highest BCUT2D eigenvalue weighted by molar-refractivity contribution is 9.10. The minimum atomic E-state index is -0.902. The number of aliphatic carboxylic acids is 1. The Balaban J connectivity index is 2.64. The van der Waals surface area contributed by atoms with Gasteiger partial charge in [0.05, 0.1) is 5.52 Å². The topological polar surface area (TPSA) is 55.1 Å². The fourth-order valence-corrected chi connectivity index (χ4v) is 2.26. The molecule has 1 heterocycles. The Morgan fingerprint density at radius 3 is 2.93 bits per heavy atom. The lowest BCUT2D eigenvalue weighted by Gasteiger charge is -1.97. The molecule has 0 aliphatic heterocycles. The summed E-state index contributed by atoms with van der Waals surface area (Å²) in [6, 6.07) is 5.74. The predicted molar refractivity (Wildman–Crippen MR) is 59.8 cm³/mol. The number of rotatable bonds is 2. The van der Waals surface area contributed by atoms with E-state index >= 15 is 0 Å². The second-order valence-electron chi connectivity index (χ2n) is 3.31. The van der Waals surface area contributed by atoms with E-state index in [-0.39, 0.29) is 6.54 Å². The van der Waals surface area contributed by atoms with Crippen LogP contribution < -0.4 is 0 Å². The van der Waals surface area contributed by atoms with Crippen molar-refractivity contribution in [2.75, 3.05) is 0 Å². The van der Waals surface area contributed by atoms with Crippen molar-refractivity contribution in [1.82, 2.24) is 9.78 Å². The number of carboxylic acid groups (broad SMARTS) is 1. The molecule has 15 heavy (non-hydrogen) atoms. The molecule has 0 bridgehead atoms. The molecule has 2 rings (SSSR count). The number of carbonyl (C=O) groups is 1. The minimum Gasteiger partial charge on any atom is -0.480 e. The Morgan fingerprint density at radius 1 is 1.60 bits per heavy atom. The number of nitrogens with zero attached hydrogens (tertiary/aromatic N) is 2. The quantitative estimate of drug-likeness (QED) is 0.909. The SMILES string of the molecule is Cc1cccc2nn(CC(=O)O)c(Br)c12. The lowest BCUT2D eigenvalue weighted by molar-refractivity contribution is -0.137. The van der Waals surface area contributed by atoms with Crippen LogP contribution in [0.1, 0.15) is 5.56 Å². The molecule has 0 amide bonds. The molecule has 0 spiro atoms. The van der Waals surface area contributed by atoms with Crippen LogP contribution in [0.5, 0.6) is 0 Å². The number of fused-ring (bicyclic) bond motifs is 1. The molecule has 5 heteroatoms. The van der Waals surface area contributed by atoms with Crippen molar-refractivity contribution in [2.45, 2.75) is 13.5 Å². The van der Waals surface area contributed by atoms with Gasteiger partial charge in [0.2, 0.25) is 0 Å². The number of carboxylic acids is 1. The van der Waals surface area contributed by atoms with E-state index in [1.54, 1.807) is 0 Å². The maximum Gasteiger partial charge on any atom is 0.325 e. The first-order valence-corrected chi connectivity index (χ1v) is 5.22. The van der Waals surface area contributed by atoms with Gasteiger partial charge in [-0.25, -0.2) is 4.68 Å². The molecule has 0 aliphatic rings. The third kappa shape index (κ3) is 1.74. The van der Waals surface area contributed by atoms with Crippen molar-refractivity contribution < 1.29 is 9.90 Å². The number of aromatic nitrogens is 2. The van der Waals surface area contributed by atoms with Gasteiger partial charge >= 0.3 is 5.97 Å². The zero-order valence-electron chi connectivity index (χ0n) is 8.07. The van der Waals surface area contributed by atoms with Crippen LogP contribution in [0.15, 0.2) is 22.8 Å². The minimum absolute atomic E-state index is 0.130. The molecular formula is C10H9BrN2O2. The summed E-state index contributed by atoms with van der Waals surface area (Å²) in [7, 11) is 0. The largest absolute Gasteiger partial charge is 0.480 e. The summed E-state index contributed by atoms with van der Waals surface area (Å²) in [4.78, 5) is 10.6. The fourth-order valence-electron chi connectivity index (χ4n) is 1.54. The molecule has 2 aromatic rings. The normalized spacial score (nSPS) is 10.8. The van der Waals surface area contributed by atoms with E-state index in [0.29, 0.717) is 0 Å². The summed E-state index contributed by atoms with van der Waals surface area (Å²) < 4.78 is 2.16. The summed E-state index contributed by atoms with van der Waals surface area (Å²) in [6.07, 6.45) is 0. The van der Waals surface area contributed by atoms with Crippen LogP contribution >= 0.6 is 15.9 Å². The van der Waals surface area contributed by atoms with E-state index in [0.717, 1.165) is 21.1 Å². The van der Waals surface area contributed by atoms with Gasteiger partial charge in [0.25, 0.3) is 0 Å². The van der Waals surface area contributed by atoms with E-state index in [4.69, 9.17) is 5.11 Å². The first kappa shape index (κ1) is 10.2. The molecule has 1 N–H and O–H groups in total. The van der Waals surface area contributed by atoms with Crippen LogP contribution in [-0.2, 0) is 11.3 Å². The van der Waals surface area contributed by atoms with Crippen LogP contribution in [0.25, 0.3) is 10.9 Å². The number of halogens is 1. The molecule has 0 aliphatic carbocycles. The van der Waals surface area contributed by atoms with E-state index in [1.807, 2.05) is 25.1 Å². The Hall–Kier alpha value is -1.36. The number of hydrogen-bond donors (Lipinski definition) is 1. The molecule has 0 saturated heterocycles. The van der Waals surface area contributed by atoms with E-state index in [2.05, 4.69) is 21.0 Å². The number of hydrogen-bond acceptors (Lipinski definition) is 2. The van der Waals surface area contributed by atoms with E-state index < -0.39 is 5.97 Å². The highest BCUT2D eigenvalue weighted by atomic mass is 79.9. The van der Waals surface area contributed by atoms with Crippen LogP contribution in [0, 0.1) is 6.92 Å². The van der Waals surface area contributed by atoms with Crippen molar-refractivity contribution in [3.05, 3.63) is 28.4 Å². The number of aryl methyl sites for hydroxylation is 1. The lowest BCUT2D eigenvalue weighted by atomic mass is 10.1. The maximum atomic E-state index is 10.6. The summed E-state index contributed by atoms with van der Waals surface area (Å²) in [6.45, 7) is 1.84. The van der Waals surface area contributed by atoms with Gasteiger partial charge in [0.15, 0.2) is 0 Å². The molecule has 0 atom stereocenters. The Kier molecular flexibility index (Phi) is 2.48. The molecule has 0 fully saturated rings. The summed E-state index contributed by atoms with van der Waals surface area (Å²) in [5.74, 6) is -0.902. The molecule has 0 radical (unpaired) electrons. The zero-order valence-corrected chi connectivity index (χ0v) is 9.65. The Labute approximate surface area is 94.6 Å². The van der Waals surface area contributed by atoms with Crippen LogP contribution in [-0.4, -0.2) is 20.9 Å². The zero-order chi connectivity index (χ0) is 11.0. The summed E-state index contributed by atoms with van der Waals surface area (Å²) in [5, 5.41) is 13.9.